The van der Waals surface area contributed by atoms with Crippen LogP contribution in [0.5, 0.6) is 0 Å². The normalized spacial score (nSPS) is 11.3. The van der Waals surface area contributed by atoms with Gasteiger partial charge in [-0.1, -0.05) is 94.8 Å². The van der Waals surface area contributed by atoms with E-state index in [0.717, 1.165) is 23.7 Å². The van der Waals surface area contributed by atoms with Crippen molar-refractivity contribution in [3.63, 3.8) is 0 Å². The Morgan fingerprint density at radius 3 is 1.28 bits per heavy atom. The Labute approximate surface area is 272 Å². The van der Waals surface area contributed by atoms with Crippen LogP contribution in [0.2, 0.25) is 0 Å². The van der Waals surface area contributed by atoms with Crippen molar-refractivity contribution in [3.8, 4) is 0 Å². The highest BCUT2D eigenvalue weighted by molar-refractivity contribution is 9.09. The summed E-state index contributed by atoms with van der Waals surface area (Å²) < 4.78 is 0. The van der Waals surface area contributed by atoms with E-state index in [1.165, 1.54) is 15.9 Å². The summed E-state index contributed by atoms with van der Waals surface area (Å²) in [6.07, 6.45) is 1.86. The number of hydrogen-bond donors (Lipinski definition) is 2. The third kappa shape index (κ3) is 8.73. The molecule has 0 radical (unpaired) electrons. The Hall–Kier alpha value is -3.57. The number of halogens is 2. The molecule has 0 aliphatic rings. The fraction of sp³-hybridized carbons (Fsp3) is 0.111. The van der Waals surface area contributed by atoms with Gasteiger partial charge in [0, 0.05) is 11.2 Å². The highest BCUT2D eigenvalue weighted by Crippen LogP contribution is 2.55. The molecule has 0 spiro atoms. The molecule has 5 aromatic carbocycles. The molecule has 2 N–H and O–H groups in total. The summed E-state index contributed by atoms with van der Waals surface area (Å²) in [7, 11) is -1.87. The van der Waals surface area contributed by atoms with Gasteiger partial charge < -0.3 is 27.2 Å². The molecule has 0 aliphatic heterocycles. The third-order valence-corrected chi connectivity index (χ3v) is 12.1. The maximum Gasteiger partial charge on any atom is 0.335 e. The summed E-state index contributed by atoms with van der Waals surface area (Å²) in [4.78, 5) is 21.9. The molecule has 43 heavy (non-hydrogen) atoms. The Morgan fingerprint density at radius 2 is 0.953 bits per heavy atom. The Balaban J connectivity index is 0.000000329. The molecular formula is C36H33Br2O4P. The molecule has 1 unspecified atom stereocenters. The van der Waals surface area contributed by atoms with Crippen molar-refractivity contribution in [1.82, 2.24) is 0 Å². The molecular weight excluding hydrogens is 687 g/mol. The van der Waals surface area contributed by atoms with Gasteiger partial charge in [-0.3, -0.25) is 0 Å². The minimum atomic E-state index is -1.87. The molecule has 5 rings (SSSR count). The lowest BCUT2D eigenvalue weighted by Gasteiger charge is -2.27. The number of carboxylic acid groups (broad SMARTS) is 2. The van der Waals surface area contributed by atoms with Crippen molar-refractivity contribution < 1.29 is 36.8 Å². The van der Waals surface area contributed by atoms with Crippen LogP contribution in [-0.2, 0) is 6.42 Å². The number of alkyl halides is 1. The summed E-state index contributed by atoms with van der Waals surface area (Å²) >= 11 is 3.40. The van der Waals surface area contributed by atoms with Crippen LogP contribution in [0.3, 0.4) is 0 Å². The van der Waals surface area contributed by atoms with E-state index in [-0.39, 0.29) is 21.8 Å². The van der Waals surface area contributed by atoms with Crippen molar-refractivity contribution in [1.29, 1.82) is 0 Å². The fourth-order valence-corrected chi connectivity index (χ4v) is 9.49. The Bertz CT molecular complexity index is 1480. The van der Waals surface area contributed by atoms with E-state index in [2.05, 4.69) is 107 Å². The van der Waals surface area contributed by atoms with Gasteiger partial charge in [0.2, 0.25) is 0 Å². The monoisotopic (exact) mass is 718 g/mol. The van der Waals surface area contributed by atoms with Gasteiger partial charge in [-0.2, -0.15) is 0 Å². The van der Waals surface area contributed by atoms with Gasteiger partial charge in [0.1, 0.15) is 23.2 Å². The molecule has 5 aromatic rings. The number of aromatic carboxylic acids is 2. The first kappa shape index (κ1) is 33.9. The zero-order chi connectivity index (χ0) is 30.0. The van der Waals surface area contributed by atoms with Gasteiger partial charge in [0.15, 0.2) is 0 Å². The van der Waals surface area contributed by atoms with E-state index in [0.29, 0.717) is 11.1 Å². The number of hydrogen-bond acceptors (Lipinski definition) is 2. The number of benzene rings is 5. The summed E-state index contributed by atoms with van der Waals surface area (Å²) in [5.41, 5.74) is 2.90. The summed E-state index contributed by atoms with van der Waals surface area (Å²) in [5.74, 6) is -1.77. The molecule has 0 aromatic heterocycles. The lowest BCUT2D eigenvalue weighted by atomic mass is 10.1. The van der Waals surface area contributed by atoms with Gasteiger partial charge in [0.25, 0.3) is 0 Å². The van der Waals surface area contributed by atoms with E-state index in [1.54, 1.807) is 24.3 Å². The maximum absolute atomic E-state index is 11.2. The zero-order valence-electron chi connectivity index (χ0n) is 23.7. The smallest absolute Gasteiger partial charge is 0.335 e. The number of aryl methyl sites for hydroxylation is 1. The molecule has 1 atom stereocenters. The second-order valence-electron chi connectivity index (χ2n) is 9.84. The molecule has 4 nitrogen and oxygen atoms in total. The van der Waals surface area contributed by atoms with Crippen LogP contribution in [-0.4, -0.2) is 28.3 Å². The Kier molecular flexibility index (Phi) is 12.9. The van der Waals surface area contributed by atoms with Crippen LogP contribution in [0.25, 0.3) is 0 Å². The van der Waals surface area contributed by atoms with Crippen LogP contribution in [0.15, 0.2) is 140 Å². The lowest BCUT2D eigenvalue weighted by molar-refractivity contribution is -0.0000385. The summed E-state index contributed by atoms with van der Waals surface area (Å²) in [6.45, 7) is 2.00. The highest BCUT2D eigenvalue weighted by Gasteiger charge is 2.44. The van der Waals surface area contributed by atoms with Crippen LogP contribution >= 0.6 is 23.2 Å². The van der Waals surface area contributed by atoms with Gasteiger partial charge in [0.05, 0.1) is 17.3 Å². The Morgan fingerprint density at radius 1 is 0.605 bits per heavy atom. The highest BCUT2D eigenvalue weighted by atomic mass is 79.9. The van der Waals surface area contributed by atoms with Gasteiger partial charge in [-0.25, -0.2) is 9.59 Å². The van der Waals surface area contributed by atoms with E-state index < -0.39 is 19.2 Å². The van der Waals surface area contributed by atoms with Crippen molar-refractivity contribution >= 4 is 51.0 Å². The largest absolute Gasteiger partial charge is 1.00 e. The minimum Gasteiger partial charge on any atom is -1.00 e. The van der Waals surface area contributed by atoms with Crippen LogP contribution in [0.4, 0.5) is 0 Å². The van der Waals surface area contributed by atoms with Crippen molar-refractivity contribution in [2.75, 3.05) is 6.16 Å². The van der Waals surface area contributed by atoms with Crippen LogP contribution in [0.1, 0.15) is 43.6 Å². The van der Waals surface area contributed by atoms with Gasteiger partial charge in [-0.15, -0.1) is 0 Å². The topological polar surface area (TPSA) is 74.6 Å². The summed E-state index contributed by atoms with van der Waals surface area (Å²) in [5, 5.41) is 21.9. The number of carboxylic acids is 2. The van der Waals surface area contributed by atoms with Crippen LogP contribution in [0, 0.1) is 0 Å². The molecule has 0 fully saturated rings. The molecule has 0 amide bonds. The molecule has 220 valence electrons. The number of carbonyl (C=O) groups is 2. The average Bonchev–Trinajstić information content (AvgIpc) is 3.03. The van der Waals surface area contributed by atoms with Crippen molar-refractivity contribution in [2.45, 2.75) is 18.2 Å². The second-order valence-corrected chi connectivity index (χ2v) is 14.8. The first-order valence-electron chi connectivity index (χ1n) is 13.7. The second kappa shape index (κ2) is 16.3. The standard InChI is InChI=1S/C27H23O2P.C9H9BrO2.BrH/c28-27(29)23-18-16-22(17-19-23)20-21-30(24-10-4-1-5-11-24,25-12-6-2-7-13-25)26-14-8-3-9-15-26;1-6(10)7-2-4-8(5-3-7)9(11)12;/h1-19H,20-21H2;2-6H,1H3,(H,11,12);1H. The van der Waals surface area contributed by atoms with Crippen molar-refractivity contribution in [2.24, 2.45) is 0 Å². The van der Waals surface area contributed by atoms with E-state index in [4.69, 9.17) is 5.11 Å². The van der Waals surface area contributed by atoms with Gasteiger partial charge >= 0.3 is 11.9 Å². The quantitative estimate of drug-likeness (QED) is 0.170. The van der Waals surface area contributed by atoms with Crippen molar-refractivity contribution in [3.05, 3.63) is 162 Å². The van der Waals surface area contributed by atoms with E-state index in [9.17, 15) is 14.7 Å². The molecule has 0 bridgehead atoms. The van der Waals surface area contributed by atoms with Gasteiger partial charge in [-0.05, 0) is 78.7 Å². The fourth-order valence-electron chi connectivity index (χ4n) is 4.88. The SMILES string of the molecule is CC(Br)c1ccc(C(=O)O)cc1.O=C(O)c1ccc(CC[P+](c2ccccc2)(c2ccccc2)c2ccccc2)cc1.[Br-]. The molecule has 0 saturated heterocycles. The molecule has 7 heteroatoms. The van der Waals surface area contributed by atoms with E-state index in [1.807, 2.05) is 31.2 Å². The summed E-state index contributed by atoms with van der Waals surface area (Å²) in [6, 6.07) is 46.6. The molecule has 0 aliphatic carbocycles. The first-order chi connectivity index (χ1) is 20.3. The third-order valence-electron chi connectivity index (χ3n) is 7.14. The van der Waals surface area contributed by atoms with E-state index >= 15 is 0 Å². The molecule has 0 heterocycles. The predicted molar refractivity (Wildman–Crippen MR) is 178 cm³/mol. The van der Waals surface area contributed by atoms with Crippen LogP contribution < -0.4 is 32.9 Å². The molecule has 0 saturated carbocycles. The predicted octanol–water partition coefficient (Wildman–Crippen LogP) is 4.77. The average molecular weight is 720 g/mol. The minimum absolute atomic E-state index is 0. The zero-order valence-corrected chi connectivity index (χ0v) is 27.8. The lowest BCUT2D eigenvalue weighted by Crippen LogP contribution is -3.00. The first-order valence-corrected chi connectivity index (χ1v) is 16.5. The maximum atomic E-state index is 11.2. The number of rotatable bonds is 9.